The van der Waals surface area contributed by atoms with Crippen LogP contribution in [0.4, 0.5) is 5.69 Å². The summed E-state index contributed by atoms with van der Waals surface area (Å²) < 4.78 is 0. The molecule has 0 heterocycles. The zero-order valence-electron chi connectivity index (χ0n) is 11.0. The summed E-state index contributed by atoms with van der Waals surface area (Å²) in [6.45, 7) is 1.21. The first-order valence-corrected chi connectivity index (χ1v) is 7.67. The molecule has 4 saturated carbocycles. The molecule has 1 nitrogen and oxygen atoms in total. The van der Waals surface area contributed by atoms with Crippen LogP contribution in [0.1, 0.15) is 32.1 Å². The third-order valence-corrected chi connectivity index (χ3v) is 5.74. The number of rotatable bonds is 3. The van der Waals surface area contributed by atoms with E-state index in [4.69, 9.17) is 0 Å². The highest BCUT2D eigenvalue weighted by Gasteiger charge is 2.47. The van der Waals surface area contributed by atoms with Gasteiger partial charge in [0.2, 0.25) is 0 Å². The van der Waals surface area contributed by atoms with E-state index in [0.29, 0.717) is 0 Å². The van der Waals surface area contributed by atoms with Crippen LogP contribution < -0.4 is 5.32 Å². The average molecular weight is 241 g/mol. The van der Waals surface area contributed by atoms with Gasteiger partial charge in [-0.3, -0.25) is 0 Å². The van der Waals surface area contributed by atoms with Gasteiger partial charge in [-0.2, -0.15) is 0 Å². The number of hydrogen-bond donors (Lipinski definition) is 1. The van der Waals surface area contributed by atoms with Crippen LogP contribution >= 0.6 is 0 Å². The van der Waals surface area contributed by atoms with E-state index < -0.39 is 0 Å². The minimum Gasteiger partial charge on any atom is -0.385 e. The van der Waals surface area contributed by atoms with Gasteiger partial charge in [0.25, 0.3) is 0 Å². The molecular weight excluding hydrogens is 218 g/mol. The fraction of sp³-hybridized carbons (Fsp3) is 0.647. The van der Waals surface area contributed by atoms with Gasteiger partial charge in [-0.15, -0.1) is 0 Å². The molecule has 1 N–H and O–H groups in total. The monoisotopic (exact) mass is 241 g/mol. The van der Waals surface area contributed by atoms with Crippen molar-refractivity contribution in [2.45, 2.75) is 32.1 Å². The van der Waals surface area contributed by atoms with Gasteiger partial charge in [0, 0.05) is 12.2 Å². The van der Waals surface area contributed by atoms with Gasteiger partial charge in [-0.05, 0) is 73.8 Å². The van der Waals surface area contributed by atoms with Crippen molar-refractivity contribution in [1.82, 2.24) is 0 Å². The van der Waals surface area contributed by atoms with Crippen LogP contribution in [0.2, 0.25) is 0 Å². The molecule has 0 aromatic heterocycles. The normalized spacial score (nSPS) is 41.0. The van der Waals surface area contributed by atoms with Crippen molar-refractivity contribution in [3.05, 3.63) is 30.3 Å². The topological polar surface area (TPSA) is 12.0 Å². The quantitative estimate of drug-likeness (QED) is 0.837. The predicted molar refractivity (Wildman–Crippen MR) is 75.5 cm³/mol. The highest BCUT2D eigenvalue weighted by Crippen LogP contribution is 2.56. The molecule has 18 heavy (non-hydrogen) atoms. The summed E-state index contributed by atoms with van der Waals surface area (Å²) in [7, 11) is 0. The second kappa shape index (κ2) is 4.29. The van der Waals surface area contributed by atoms with Crippen molar-refractivity contribution in [3.63, 3.8) is 0 Å². The predicted octanol–water partition coefficient (Wildman–Crippen LogP) is 4.17. The van der Waals surface area contributed by atoms with Crippen molar-refractivity contribution in [1.29, 1.82) is 0 Å². The third-order valence-electron chi connectivity index (χ3n) is 5.74. The highest BCUT2D eigenvalue weighted by molar-refractivity contribution is 5.42. The van der Waals surface area contributed by atoms with E-state index in [0.717, 1.165) is 29.6 Å². The summed E-state index contributed by atoms with van der Waals surface area (Å²) in [5.74, 6) is 5.23. The second-order valence-corrected chi connectivity index (χ2v) is 6.84. The summed E-state index contributed by atoms with van der Waals surface area (Å²) in [5.41, 5.74) is 1.30. The Kier molecular flexibility index (Phi) is 2.60. The molecule has 0 amide bonds. The maximum absolute atomic E-state index is 3.67. The lowest BCUT2D eigenvalue weighted by molar-refractivity contribution is -0.0305. The van der Waals surface area contributed by atoms with Crippen molar-refractivity contribution in [2.75, 3.05) is 11.9 Å². The first-order valence-electron chi connectivity index (χ1n) is 7.67. The highest BCUT2D eigenvalue weighted by atomic mass is 14.9. The Bertz CT molecular complexity index is 383. The van der Waals surface area contributed by atoms with Crippen LogP contribution in [-0.4, -0.2) is 6.54 Å². The van der Waals surface area contributed by atoms with Crippen molar-refractivity contribution in [2.24, 2.45) is 29.6 Å². The van der Waals surface area contributed by atoms with Gasteiger partial charge in [0.15, 0.2) is 0 Å². The lowest BCUT2D eigenvalue weighted by Gasteiger charge is -2.54. The molecule has 1 heteroatoms. The van der Waals surface area contributed by atoms with Crippen LogP contribution in [0.5, 0.6) is 0 Å². The summed E-state index contributed by atoms with van der Waals surface area (Å²) in [5, 5.41) is 3.67. The maximum Gasteiger partial charge on any atom is 0.0340 e. The Morgan fingerprint density at radius 3 is 2.06 bits per heavy atom. The van der Waals surface area contributed by atoms with E-state index in [1.807, 2.05) is 0 Å². The Hall–Kier alpha value is -0.980. The van der Waals surface area contributed by atoms with E-state index in [1.165, 1.54) is 37.9 Å². The molecule has 0 saturated heterocycles. The van der Waals surface area contributed by atoms with Gasteiger partial charge in [0.1, 0.15) is 0 Å². The van der Waals surface area contributed by atoms with Gasteiger partial charge >= 0.3 is 0 Å². The molecule has 5 rings (SSSR count). The van der Waals surface area contributed by atoms with E-state index in [2.05, 4.69) is 35.6 Å². The Labute approximate surface area is 110 Å². The molecule has 0 unspecified atom stereocenters. The third kappa shape index (κ3) is 1.84. The largest absolute Gasteiger partial charge is 0.385 e. The van der Waals surface area contributed by atoms with Crippen LogP contribution in [0.15, 0.2) is 30.3 Å². The number of nitrogens with one attached hydrogen (secondary N) is 1. The maximum atomic E-state index is 3.67. The Balaban J connectivity index is 1.43. The zero-order valence-corrected chi connectivity index (χ0v) is 11.0. The molecule has 0 aliphatic heterocycles. The minimum absolute atomic E-state index is 0.956. The zero-order chi connectivity index (χ0) is 11.9. The van der Waals surface area contributed by atoms with Gasteiger partial charge in [0.05, 0.1) is 0 Å². The van der Waals surface area contributed by atoms with Crippen LogP contribution in [-0.2, 0) is 0 Å². The molecule has 4 aliphatic rings. The number of hydrogen-bond acceptors (Lipinski definition) is 1. The lowest BCUT2D eigenvalue weighted by atomic mass is 9.52. The fourth-order valence-electron chi connectivity index (χ4n) is 5.16. The molecule has 4 aliphatic carbocycles. The molecule has 1 aromatic carbocycles. The van der Waals surface area contributed by atoms with Crippen LogP contribution in [0.25, 0.3) is 0 Å². The van der Waals surface area contributed by atoms with E-state index in [9.17, 15) is 0 Å². The fourth-order valence-corrected chi connectivity index (χ4v) is 5.16. The van der Waals surface area contributed by atoms with Crippen LogP contribution in [0, 0.1) is 29.6 Å². The summed E-state index contributed by atoms with van der Waals surface area (Å²) in [6, 6.07) is 10.7. The smallest absolute Gasteiger partial charge is 0.0340 e. The standard InChI is InChI=1S/C17H23N/c1-2-4-16(5-3-1)18-11-17-14-7-12-6-13(9-14)10-15(17)8-12/h1-5,12-15,17-18H,6-11H2. The molecule has 96 valence electrons. The summed E-state index contributed by atoms with van der Waals surface area (Å²) >= 11 is 0. The Morgan fingerprint density at radius 2 is 1.44 bits per heavy atom. The summed E-state index contributed by atoms with van der Waals surface area (Å²) in [6.07, 6.45) is 7.70. The molecular formula is C17H23N. The van der Waals surface area contributed by atoms with E-state index in [-0.39, 0.29) is 0 Å². The van der Waals surface area contributed by atoms with Crippen LogP contribution in [0.3, 0.4) is 0 Å². The first kappa shape index (κ1) is 10.9. The van der Waals surface area contributed by atoms with Gasteiger partial charge in [-0.1, -0.05) is 18.2 Å². The van der Waals surface area contributed by atoms with E-state index in [1.54, 1.807) is 6.42 Å². The second-order valence-electron chi connectivity index (χ2n) is 6.84. The minimum atomic E-state index is 0.956. The number of anilines is 1. The molecule has 0 atom stereocenters. The molecule has 0 radical (unpaired) electrons. The molecule has 4 bridgehead atoms. The van der Waals surface area contributed by atoms with Gasteiger partial charge in [-0.25, -0.2) is 0 Å². The summed E-state index contributed by atoms with van der Waals surface area (Å²) in [4.78, 5) is 0. The Morgan fingerprint density at radius 1 is 0.833 bits per heavy atom. The molecule has 0 spiro atoms. The van der Waals surface area contributed by atoms with Crippen molar-refractivity contribution in [3.8, 4) is 0 Å². The first-order chi connectivity index (χ1) is 8.88. The number of para-hydroxylation sites is 1. The van der Waals surface area contributed by atoms with Crippen molar-refractivity contribution < 1.29 is 0 Å². The molecule has 1 aromatic rings. The molecule has 4 fully saturated rings. The lowest BCUT2D eigenvalue weighted by Crippen LogP contribution is -2.47. The SMILES string of the molecule is c1ccc(NCC2C3CC4CC(C3)CC2C4)cc1. The van der Waals surface area contributed by atoms with Gasteiger partial charge < -0.3 is 5.32 Å². The average Bonchev–Trinajstić information content (AvgIpc) is 2.38. The number of benzene rings is 1. The van der Waals surface area contributed by atoms with Crippen molar-refractivity contribution >= 4 is 5.69 Å². The van der Waals surface area contributed by atoms with E-state index >= 15 is 0 Å².